The van der Waals surface area contributed by atoms with Crippen molar-refractivity contribution < 1.29 is 14.3 Å². The number of primary amides is 1. The molecule has 0 aliphatic rings. The van der Waals surface area contributed by atoms with Crippen molar-refractivity contribution in [1.82, 2.24) is 9.97 Å². The molecule has 0 aliphatic carbocycles. The molecule has 1 aromatic carbocycles. The number of rotatable bonds is 5. The fraction of sp³-hybridized carbons (Fsp3) is 0.105. The number of nitrogens with zero attached hydrogens (tertiary/aromatic N) is 2. The highest BCUT2D eigenvalue weighted by molar-refractivity contribution is 5.98. The van der Waals surface area contributed by atoms with Gasteiger partial charge < -0.3 is 10.8 Å². The Morgan fingerprint density at radius 1 is 1.04 bits per heavy atom. The highest BCUT2D eigenvalue weighted by atomic mass is 19.1. The van der Waals surface area contributed by atoms with Gasteiger partial charge in [0, 0.05) is 6.20 Å². The molecule has 3 aromatic rings. The van der Waals surface area contributed by atoms with Crippen LogP contribution in [0.15, 0.2) is 54.7 Å². The smallest absolute Gasteiger partial charge is 0.250 e. The molecular weight excluding hydrogens is 321 g/mol. The number of pyridine rings is 2. The number of carbonyl (C=O) groups is 1. The number of aliphatic hydroxyl groups is 1. The number of carbonyl (C=O) groups excluding carboxylic acids is 1. The van der Waals surface area contributed by atoms with E-state index < -0.39 is 5.91 Å². The summed E-state index contributed by atoms with van der Waals surface area (Å²) in [5, 5.41) is 9.24. The summed E-state index contributed by atoms with van der Waals surface area (Å²) >= 11 is 0. The lowest BCUT2D eigenvalue weighted by Gasteiger charge is -2.08. The topological polar surface area (TPSA) is 89.1 Å². The Kier molecular flexibility index (Phi) is 4.81. The third kappa shape index (κ3) is 3.87. The average Bonchev–Trinajstić information content (AvgIpc) is 2.63. The standard InChI is InChI=1S/C19H16FN3O2/c20-14-4-1-12(2-5-14)9-13-3-8-17(22-10-13)18-16(19(21)25)7-6-15(11-24)23-18/h1-8,10,24H,9,11H2,(H2,21,25). The zero-order valence-electron chi connectivity index (χ0n) is 13.3. The van der Waals surface area contributed by atoms with E-state index in [0.717, 1.165) is 11.1 Å². The molecule has 0 fully saturated rings. The minimum Gasteiger partial charge on any atom is -0.390 e. The summed E-state index contributed by atoms with van der Waals surface area (Å²) in [6, 6.07) is 13.0. The highest BCUT2D eigenvalue weighted by Gasteiger charge is 2.14. The van der Waals surface area contributed by atoms with Crippen molar-refractivity contribution in [1.29, 1.82) is 0 Å². The molecule has 2 heterocycles. The van der Waals surface area contributed by atoms with Gasteiger partial charge in [-0.25, -0.2) is 9.37 Å². The van der Waals surface area contributed by atoms with Crippen LogP contribution in [-0.2, 0) is 13.0 Å². The van der Waals surface area contributed by atoms with Crippen LogP contribution in [0.5, 0.6) is 0 Å². The molecule has 126 valence electrons. The van der Waals surface area contributed by atoms with Crippen molar-refractivity contribution in [2.24, 2.45) is 5.73 Å². The van der Waals surface area contributed by atoms with Crippen LogP contribution >= 0.6 is 0 Å². The van der Waals surface area contributed by atoms with Gasteiger partial charge in [-0.15, -0.1) is 0 Å². The van der Waals surface area contributed by atoms with Gasteiger partial charge in [-0.05, 0) is 47.9 Å². The second-order valence-electron chi connectivity index (χ2n) is 5.58. The first kappa shape index (κ1) is 16.7. The molecule has 2 aromatic heterocycles. The summed E-state index contributed by atoms with van der Waals surface area (Å²) in [7, 11) is 0. The molecule has 0 bridgehead atoms. The van der Waals surface area contributed by atoms with Crippen molar-refractivity contribution in [3.8, 4) is 11.4 Å². The first-order valence-electron chi connectivity index (χ1n) is 7.67. The van der Waals surface area contributed by atoms with Gasteiger partial charge >= 0.3 is 0 Å². The third-order valence-electron chi connectivity index (χ3n) is 3.77. The molecule has 3 rings (SSSR count). The Morgan fingerprint density at radius 3 is 2.36 bits per heavy atom. The van der Waals surface area contributed by atoms with Gasteiger partial charge in [-0.3, -0.25) is 9.78 Å². The number of hydrogen-bond acceptors (Lipinski definition) is 4. The van der Waals surface area contributed by atoms with Crippen molar-refractivity contribution in [2.45, 2.75) is 13.0 Å². The largest absolute Gasteiger partial charge is 0.390 e. The van der Waals surface area contributed by atoms with E-state index in [2.05, 4.69) is 9.97 Å². The lowest BCUT2D eigenvalue weighted by Crippen LogP contribution is -2.14. The molecule has 0 spiro atoms. The molecule has 25 heavy (non-hydrogen) atoms. The SMILES string of the molecule is NC(=O)c1ccc(CO)nc1-c1ccc(Cc2ccc(F)cc2)cn1. The van der Waals surface area contributed by atoms with E-state index >= 15 is 0 Å². The third-order valence-corrected chi connectivity index (χ3v) is 3.77. The Morgan fingerprint density at radius 2 is 1.76 bits per heavy atom. The summed E-state index contributed by atoms with van der Waals surface area (Å²) in [6.45, 7) is -0.241. The van der Waals surface area contributed by atoms with E-state index in [1.54, 1.807) is 30.5 Å². The van der Waals surface area contributed by atoms with Gasteiger partial charge in [0.1, 0.15) is 11.5 Å². The van der Waals surface area contributed by atoms with Crippen molar-refractivity contribution >= 4 is 5.91 Å². The first-order valence-corrected chi connectivity index (χ1v) is 7.67. The fourth-order valence-electron chi connectivity index (χ4n) is 2.49. The highest BCUT2D eigenvalue weighted by Crippen LogP contribution is 2.21. The normalized spacial score (nSPS) is 10.6. The maximum absolute atomic E-state index is 13.0. The zero-order chi connectivity index (χ0) is 17.8. The summed E-state index contributed by atoms with van der Waals surface area (Å²) in [5.74, 6) is -0.879. The number of aromatic nitrogens is 2. The second-order valence-corrected chi connectivity index (χ2v) is 5.58. The van der Waals surface area contributed by atoms with E-state index in [1.807, 2.05) is 6.07 Å². The maximum atomic E-state index is 13.0. The Balaban J connectivity index is 1.89. The van der Waals surface area contributed by atoms with Crippen LogP contribution in [-0.4, -0.2) is 21.0 Å². The van der Waals surface area contributed by atoms with E-state index in [9.17, 15) is 14.3 Å². The van der Waals surface area contributed by atoms with E-state index in [4.69, 9.17) is 5.73 Å². The Hall–Kier alpha value is -3.12. The van der Waals surface area contributed by atoms with Crippen LogP contribution < -0.4 is 5.73 Å². The average molecular weight is 337 g/mol. The summed E-state index contributed by atoms with van der Waals surface area (Å²) in [6.07, 6.45) is 2.29. The van der Waals surface area contributed by atoms with Crippen molar-refractivity contribution in [3.63, 3.8) is 0 Å². The Labute approximate surface area is 144 Å². The second kappa shape index (κ2) is 7.19. The van der Waals surface area contributed by atoms with Crippen LogP contribution in [0.4, 0.5) is 4.39 Å². The number of amides is 1. The minimum atomic E-state index is -0.607. The fourth-order valence-corrected chi connectivity index (χ4v) is 2.49. The molecule has 0 unspecified atom stereocenters. The van der Waals surface area contributed by atoms with Crippen LogP contribution in [0.25, 0.3) is 11.4 Å². The number of hydrogen-bond donors (Lipinski definition) is 2. The predicted molar refractivity (Wildman–Crippen MR) is 91.1 cm³/mol. The molecule has 0 saturated heterocycles. The summed E-state index contributed by atoms with van der Waals surface area (Å²) < 4.78 is 13.0. The van der Waals surface area contributed by atoms with Gasteiger partial charge in [0.05, 0.1) is 23.6 Å². The van der Waals surface area contributed by atoms with Gasteiger partial charge in [0.15, 0.2) is 0 Å². The summed E-state index contributed by atoms with van der Waals surface area (Å²) in [4.78, 5) is 20.2. The monoisotopic (exact) mass is 337 g/mol. The quantitative estimate of drug-likeness (QED) is 0.748. The molecule has 6 heteroatoms. The molecule has 0 aliphatic heterocycles. The van der Waals surface area contributed by atoms with Crippen LogP contribution in [0, 0.1) is 5.82 Å². The van der Waals surface area contributed by atoms with Gasteiger partial charge in [0.25, 0.3) is 5.91 Å². The van der Waals surface area contributed by atoms with E-state index in [1.165, 1.54) is 18.2 Å². The van der Waals surface area contributed by atoms with Crippen LogP contribution in [0.3, 0.4) is 0 Å². The molecule has 0 radical (unpaired) electrons. The first-order chi connectivity index (χ1) is 12.1. The number of halogens is 1. The predicted octanol–water partition coefficient (Wildman–Crippen LogP) is 2.46. The lowest BCUT2D eigenvalue weighted by molar-refractivity contribution is 0.100. The number of aliphatic hydroxyl groups excluding tert-OH is 1. The number of benzene rings is 1. The molecule has 5 nitrogen and oxygen atoms in total. The van der Waals surface area contributed by atoms with Crippen molar-refractivity contribution in [2.75, 3.05) is 0 Å². The maximum Gasteiger partial charge on any atom is 0.250 e. The van der Waals surface area contributed by atoms with Crippen molar-refractivity contribution in [3.05, 3.63) is 82.9 Å². The van der Waals surface area contributed by atoms with Gasteiger partial charge in [-0.1, -0.05) is 18.2 Å². The minimum absolute atomic E-state index is 0.241. The molecule has 0 atom stereocenters. The number of nitrogens with two attached hydrogens (primary N) is 1. The molecular formula is C19H16FN3O2. The van der Waals surface area contributed by atoms with E-state index in [-0.39, 0.29) is 18.0 Å². The van der Waals surface area contributed by atoms with Crippen LogP contribution in [0.1, 0.15) is 27.2 Å². The Bertz CT molecular complexity index is 894. The summed E-state index contributed by atoms with van der Waals surface area (Å²) in [5.41, 5.74) is 8.80. The van der Waals surface area contributed by atoms with E-state index in [0.29, 0.717) is 23.5 Å². The van der Waals surface area contributed by atoms with Gasteiger partial charge in [0.2, 0.25) is 0 Å². The van der Waals surface area contributed by atoms with Gasteiger partial charge in [-0.2, -0.15) is 0 Å². The molecule has 1 amide bonds. The zero-order valence-corrected chi connectivity index (χ0v) is 13.3. The molecule has 0 saturated carbocycles. The molecule has 3 N–H and O–H groups in total. The van der Waals surface area contributed by atoms with Crippen LogP contribution in [0.2, 0.25) is 0 Å². The lowest BCUT2D eigenvalue weighted by atomic mass is 10.0.